The van der Waals surface area contributed by atoms with Gasteiger partial charge >= 0.3 is 0 Å². The number of carbonyl (C=O) groups is 1. The zero-order chi connectivity index (χ0) is 12.3. The van der Waals surface area contributed by atoms with Gasteiger partial charge in [-0.25, -0.2) is 4.98 Å². The molecule has 1 heterocycles. The first-order chi connectivity index (χ1) is 8.07. The zero-order valence-electron chi connectivity index (χ0n) is 10.1. The number of aromatic nitrogens is 2. The molecular formula is C12H19N3O2. The van der Waals surface area contributed by atoms with Crippen molar-refractivity contribution in [1.29, 1.82) is 0 Å². The lowest BCUT2D eigenvalue weighted by Crippen LogP contribution is -2.36. The van der Waals surface area contributed by atoms with E-state index in [-0.39, 0.29) is 12.3 Å². The Bertz CT molecular complexity index is 394. The monoisotopic (exact) mass is 237 g/mol. The fourth-order valence-electron chi connectivity index (χ4n) is 2.34. The predicted octanol–water partition coefficient (Wildman–Crippen LogP) is 1.74. The SMILES string of the molecule is Cc1cnc(NC(=O)CC2(O)CCCCC2)[nH]1. The lowest BCUT2D eigenvalue weighted by Gasteiger charge is -2.31. The molecule has 1 amide bonds. The molecule has 0 atom stereocenters. The van der Waals surface area contributed by atoms with Crippen LogP contribution in [0.3, 0.4) is 0 Å². The number of H-pyrrole nitrogens is 1. The van der Waals surface area contributed by atoms with Gasteiger partial charge in [-0.05, 0) is 19.8 Å². The molecule has 0 spiro atoms. The van der Waals surface area contributed by atoms with Crippen molar-refractivity contribution in [3.05, 3.63) is 11.9 Å². The van der Waals surface area contributed by atoms with Gasteiger partial charge in [0.25, 0.3) is 0 Å². The first-order valence-electron chi connectivity index (χ1n) is 6.11. The highest BCUT2D eigenvalue weighted by molar-refractivity contribution is 5.89. The van der Waals surface area contributed by atoms with Gasteiger partial charge in [0, 0.05) is 11.9 Å². The fourth-order valence-corrected chi connectivity index (χ4v) is 2.34. The molecule has 5 heteroatoms. The van der Waals surface area contributed by atoms with Gasteiger partial charge in [-0.15, -0.1) is 0 Å². The highest BCUT2D eigenvalue weighted by atomic mass is 16.3. The molecule has 5 nitrogen and oxygen atoms in total. The minimum Gasteiger partial charge on any atom is -0.389 e. The summed E-state index contributed by atoms with van der Waals surface area (Å²) in [6, 6.07) is 0. The normalized spacial score (nSPS) is 18.9. The second kappa shape index (κ2) is 4.87. The molecule has 3 N–H and O–H groups in total. The van der Waals surface area contributed by atoms with Gasteiger partial charge in [0.2, 0.25) is 11.9 Å². The number of anilines is 1. The number of amides is 1. The van der Waals surface area contributed by atoms with Crippen LogP contribution in [0.25, 0.3) is 0 Å². The average Bonchev–Trinajstić information content (AvgIpc) is 2.63. The predicted molar refractivity (Wildman–Crippen MR) is 64.6 cm³/mol. The van der Waals surface area contributed by atoms with E-state index in [9.17, 15) is 9.90 Å². The van der Waals surface area contributed by atoms with Crippen LogP contribution in [0.15, 0.2) is 6.20 Å². The van der Waals surface area contributed by atoms with E-state index >= 15 is 0 Å². The van der Waals surface area contributed by atoms with E-state index < -0.39 is 5.60 Å². The molecule has 17 heavy (non-hydrogen) atoms. The van der Waals surface area contributed by atoms with Gasteiger partial charge in [-0.2, -0.15) is 0 Å². The summed E-state index contributed by atoms with van der Waals surface area (Å²) in [6.07, 6.45) is 6.42. The number of aliphatic hydroxyl groups is 1. The van der Waals surface area contributed by atoms with Crippen LogP contribution in [-0.2, 0) is 4.79 Å². The Morgan fingerprint density at radius 2 is 2.24 bits per heavy atom. The van der Waals surface area contributed by atoms with E-state index in [2.05, 4.69) is 15.3 Å². The highest BCUT2D eigenvalue weighted by Crippen LogP contribution is 2.30. The van der Waals surface area contributed by atoms with Gasteiger partial charge in [0.1, 0.15) is 0 Å². The maximum atomic E-state index is 11.8. The van der Waals surface area contributed by atoms with E-state index in [1.54, 1.807) is 6.20 Å². The number of hydrogen-bond donors (Lipinski definition) is 3. The Morgan fingerprint density at radius 1 is 1.53 bits per heavy atom. The van der Waals surface area contributed by atoms with E-state index in [1.807, 2.05) is 6.92 Å². The number of nitrogens with one attached hydrogen (secondary N) is 2. The van der Waals surface area contributed by atoms with Crippen LogP contribution in [0.1, 0.15) is 44.2 Å². The minimum absolute atomic E-state index is 0.159. The van der Waals surface area contributed by atoms with Crippen LogP contribution in [0, 0.1) is 6.92 Å². The third-order valence-corrected chi connectivity index (χ3v) is 3.23. The van der Waals surface area contributed by atoms with Crippen LogP contribution in [0.2, 0.25) is 0 Å². The molecule has 0 unspecified atom stereocenters. The molecule has 1 aliphatic rings. The summed E-state index contributed by atoms with van der Waals surface area (Å²) in [6.45, 7) is 1.87. The second-order valence-electron chi connectivity index (χ2n) is 4.92. The summed E-state index contributed by atoms with van der Waals surface area (Å²) >= 11 is 0. The molecule has 0 aliphatic heterocycles. The summed E-state index contributed by atoms with van der Waals surface area (Å²) in [7, 11) is 0. The van der Waals surface area contributed by atoms with Crippen molar-refractivity contribution in [2.75, 3.05) is 5.32 Å². The topological polar surface area (TPSA) is 78.0 Å². The lowest BCUT2D eigenvalue weighted by atomic mass is 9.82. The molecule has 1 aromatic heterocycles. The van der Waals surface area contributed by atoms with Crippen molar-refractivity contribution in [3.8, 4) is 0 Å². The number of imidazole rings is 1. The molecule has 0 saturated heterocycles. The molecular weight excluding hydrogens is 218 g/mol. The molecule has 2 rings (SSSR count). The van der Waals surface area contributed by atoms with E-state index in [1.165, 1.54) is 0 Å². The molecule has 94 valence electrons. The summed E-state index contributed by atoms with van der Waals surface area (Å²) in [5.41, 5.74) is 0.0842. The standard InChI is InChI=1S/C12H19N3O2/c1-9-8-13-11(14-9)15-10(16)7-12(17)5-3-2-4-6-12/h8,17H,2-7H2,1H3,(H2,13,14,15,16). The molecule has 0 bridgehead atoms. The van der Waals surface area contributed by atoms with Gasteiger partial charge in [-0.3, -0.25) is 10.1 Å². The molecule has 1 fully saturated rings. The summed E-state index contributed by atoms with van der Waals surface area (Å²) in [5, 5.41) is 12.9. The molecule has 0 aromatic carbocycles. The minimum atomic E-state index is -0.816. The van der Waals surface area contributed by atoms with Crippen LogP contribution in [-0.4, -0.2) is 26.6 Å². The number of aromatic amines is 1. The van der Waals surface area contributed by atoms with Crippen molar-refractivity contribution < 1.29 is 9.90 Å². The van der Waals surface area contributed by atoms with Crippen molar-refractivity contribution in [3.63, 3.8) is 0 Å². The largest absolute Gasteiger partial charge is 0.389 e. The first-order valence-corrected chi connectivity index (χ1v) is 6.11. The highest BCUT2D eigenvalue weighted by Gasteiger charge is 2.31. The van der Waals surface area contributed by atoms with Crippen LogP contribution in [0.5, 0.6) is 0 Å². The Morgan fingerprint density at radius 3 is 2.82 bits per heavy atom. The molecule has 1 aliphatic carbocycles. The summed E-state index contributed by atoms with van der Waals surface area (Å²) in [4.78, 5) is 18.7. The third kappa shape index (κ3) is 3.30. The van der Waals surface area contributed by atoms with E-state index in [0.29, 0.717) is 5.95 Å². The number of nitrogens with zero attached hydrogens (tertiary/aromatic N) is 1. The van der Waals surface area contributed by atoms with Crippen LogP contribution >= 0.6 is 0 Å². The van der Waals surface area contributed by atoms with Crippen LogP contribution < -0.4 is 5.32 Å². The number of aryl methyl sites for hydroxylation is 1. The number of rotatable bonds is 3. The van der Waals surface area contributed by atoms with Crippen molar-refractivity contribution in [2.45, 2.75) is 51.0 Å². The first kappa shape index (κ1) is 12.1. The molecule has 1 saturated carbocycles. The van der Waals surface area contributed by atoms with Gasteiger partial charge in [-0.1, -0.05) is 19.3 Å². The average molecular weight is 237 g/mol. The quantitative estimate of drug-likeness (QED) is 0.749. The Balaban J connectivity index is 1.88. The second-order valence-corrected chi connectivity index (χ2v) is 4.92. The Labute approximate surface area is 101 Å². The lowest BCUT2D eigenvalue weighted by molar-refractivity contribution is -0.122. The van der Waals surface area contributed by atoms with Gasteiger partial charge in [0.15, 0.2) is 0 Å². The summed E-state index contributed by atoms with van der Waals surface area (Å²) < 4.78 is 0. The number of hydrogen-bond acceptors (Lipinski definition) is 3. The zero-order valence-corrected chi connectivity index (χ0v) is 10.1. The summed E-state index contributed by atoms with van der Waals surface area (Å²) in [5.74, 6) is 0.274. The third-order valence-electron chi connectivity index (χ3n) is 3.23. The van der Waals surface area contributed by atoms with Gasteiger partial charge in [0.05, 0.1) is 12.0 Å². The Kier molecular flexibility index (Phi) is 3.47. The van der Waals surface area contributed by atoms with Gasteiger partial charge < -0.3 is 10.1 Å². The maximum Gasteiger partial charge on any atom is 0.229 e. The molecule has 1 aromatic rings. The maximum absolute atomic E-state index is 11.8. The van der Waals surface area contributed by atoms with Crippen molar-refractivity contribution in [2.24, 2.45) is 0 Å². The fraction of sp³-hybridized carbons (Fsp3) is 0.667. The Hall–Kier alpha value is -1.36. The van der Waals surface area contributed by atoms with Crippen molar-refractivity contribution in [1.82, 2.24) is 9.97 Å². The molecule has 0 radical (unpaired) electrons. The van der Waals surface area contributed by atoms with E-state index in [0.717, 1.165) is 37.8 Å². The smallest absolute Gasteiger partial charge is 0.229 e. The van der Waals surface area contributed by atoms with Crippen LogP contribution in [0.4, 0.5) is 5.95 Å². The van der Waals surface area contributed by atoms with E-state index in [4.69, 9.17) is 0 Å². The van der Waals surface area contributed by atoms with Crippen molar-refractivity contribution >= 4 is 11.9 Å². The number of carbonyl (C=O) groups excluding carboxylic acids is 1.